The highest BCUT2D eigenvalue weighted by Gasteiger charge is 2.09. The monoisotopic (exact) mass is 274 g/mol. The maximum Gasteiger partial charge on any atom is 0.339 e. The molecule has 0 saturated heterocycles. The standard InChI is InChI=1S/C14H18N4O2/c1-10(16-14(19)17-20-3)12-4-6-13(7-5-12)18-9-8-15-11(18)2/h4-10H,1-3H3,(H2,16,17,19)/t10-/m0/s1. The van der Waals surface area contributed by atoms with Crippen molar-refractivity contribution in [3.8, 4) is 5.69 Å². The van der Waals surface area contributed by atoms with Crippen LogP contribution in [0.2, 0.25) is 0 Å². The lowest BCUT2D eigenvalue weighted by atomic mass is 10.1. The molecule has 1 atom stereocenters. The van der Waals surface area contributed by atoms with Gasteiger partial charge in [0, 0.05) is 18.1 Å². The zero-order chi connectivity index (χ0) is 14.5. The first-order valence-electron chi connectivity index (χ1n) is 6.31. The summed E-state index contributed by atoms with van der Waals surface area (Å²) < 4.78 is 2.00. The Kier molecular flexibility index (Phi) is 4.37. The van der Waals surface area contributed by atoms with Crippen molar-refractivity contribution in [2.45, 2.75) is 19.9 Å². The van der Waals surface area contributed by atoms with E-state index in [1.54, 1.807) is 6.20 Å². The molecule has 6 nitrogen and oxygen atoms in total. The highest BCUT2D eigenvalue weighted by molar-refractivity contribution is 5.73. The Balaban J connectivity index is 2.08. The third-order valence-electron chi connectivity index (χ3n) is 3.04. The van der Waals surface area contributed by atoms with Gasteiger partial charge in [-0.3, -0.25) is 4.84 Å². The fourth-order valence-corrected chi connectivity index (χ4v) is 1.98. The second kappa shape index (κ2) is 6.21. The molecule has 0 aliphatic heterocycles. The van der Waals surface area contributed by atoms with Gasteiger partial charge in [0.25, 0.3) is 0 Å². The van der Waals surface area contributed by atoms with Crippen LogP contribution in [0.1, 0.15) is 24.4 Å². The van der Waals surface area contributed by atoms with E-state index < -0.39 is 0 Å². The number of rotatable bonds is 4. The topological polar surface area (TPSA) is 68.2 Å². The first-order chi connectivity index (χ1) is 9.61. The third kappa shape index (κ3) is 3.16. The highest BCUT2D eigenvalue weighted by atomic mass is 16.6. The van der Waals surface area contributed by atoms with Gasteiger partial charge >= 0.3 is 6.03 Å². The van der Waals surface area contributed by atoms with Crippen LogP contribution >= 0.6 is 0 Å². The van der Waals surface area contributed by atoms with Crippen LogP contribution in [-0.4, -0.2) is 22.7 Å². The molecule has 2 amide bonds. The summed E-state index contributed by atoms with van der Waals surface area (Å²) in [4.78, 5) is 20.1. The van der Waals surface area contributed by atoms with E-state index in [0.29, 0.717) is 0 Å². The molecule has 0 saturated carbocycles. The molecule has 0 spiro atoms. The van der Waals surface area contributed by atoms with Gasteiger partial charge in [-0.05, 0) is 31.5 Å². The molecule has 1 heterocycles. The van der Waals surface area contributed by atoms with Gasteiger partial charge in [0.2, 0.25) is 0 Å². The fourth-order valence-electron chi connectivity index (χ4n) is 1.98. The molecule has 0 radical (unpaired) electrons. The largest absolute Gasteiger partial charge is 0.339 e. The predicted octanol–water partition coefficient (Wildman–Crippen LogP) is 2.10. The van der Waals surface area contributed by atoms with Crippen LogP contribution in [0.4, 0.5) is 4.79 Å². The molecule has 106 valence electrons. The zero-order valence-electron chi connectivity index (χ0n) is 11.8. The van der Waals surface area contributed by atoms with Gasteiger partial charge in [0.15, 0.2) is 0 Å². The van der Waals surface area contributed by atoms with Crippen LogP contribution in [0.15, 0.2) is 36.7 Å². The number of nitrogens with zero attached hydrogens (tertiary/aromatic N) is 2. The average Bonchev–Trinajstić information content (AvgIpc) is 2.85. The molecule has 2 aromatic rings. The van der Waals surface area contributed by atoms with Crippen LogP contribution in [0.5, 0.6) is 0 Å². The Morgan fingerprint density at radius 2 is 2.05 bits per heavy atom. The molecule has 0 bridgehead atoms. The quantitative estimate of drug-likeness (QED) is 0.839. The van der Waals surface area contributed by atoms with Crippen LogP contribution in [0.25, 0.3) is 5.69 Å². The number of aryl methyl sites for hydroxylation is 1. The Morgan fingerprint density at radius 1 is 1.35 bits per heavy atom. The van der Waals surface area contributed by atoms with Crippen LogP contribution in [0.3, 0.4) is 0 Å². The van der Waals surface area contributed by atoms with E-state index in [2.05, 4.69) is 20.6 Å². The summed E-state index contributed by atoms with van der Waals surface area (Å²) in [5.74, 6) is 0.934. The van der Waals surface area contributed by atoms with E-state index in [1.807, 2.05) is 48.9 Å². The second-order valence-electron chi connectivity index (χ2n) is 4.44. The van der Waals surface area contributed by atoms with Crippen molar-refractivity contribution in [1.82, 2.24) is 20.3 Å². The van der Waals surface area contributed by atoms with Gasteiger partial charge < -0.3 is 9.88 Å². The molecule has 2 N–H and O–H groups in total. The van der Waals surface area contributed by atoms with Crippen molar-refractivity contribution < 1.29 is 9.63 Å². The van der Waals surface area contributed by atoms with E-state index in [-0.39, 0.29) is 12.1 Å². The van der Waals surface area contributed by atoms with Gasteiger partial charge in [-0.25, -0.2) is 15.3 Å². The summed E-state index contributed by atoms with van der Waals surface area (Å²) in [7, 11) is 1.40. The molecule has 1 aromatic heterocycles. The minimum Gasteiger partial charge on any atom is -0.330 e. The van der Waals surface area contributed by atoms with Crippen LogP contribution in [-0.2, 0) is 4.84 Å². The molecule has 0 aliphatic carbocycles. The normalized spacial score (nSPS) is 11.9. The number of amides is 2. The van der Waals surface area contributed by atoms with E-state index in [9.17, 15) is 4.79 Å². The van der Waals surface area contributed by atoms with Crippen molar-refractivity contribution in [3.63, 3.8) is 0 Å². The van der Waals surface area contributed by atoms with E-state index in [1.165, 1.54) is 7.11 Å². The van der Waals surface area contributed by atoms with Gasteiger partial charge in [-0.2, -0.15) is 0 Å². The number of urea groups is 1. The van der Waals surface area contributed by atoms with Gasteiger partial charge in [-0.1, -0.05) is 12.1 Å². The minimum absolute atomic E-state index is 0.108. The van der Waals surface area contributed by atoms with Gasteiger partial charge in [-0.15, -0.1) is 0 Å². The Morgan fingerprint density at radius 3 is 2.60 bits per heavy atom. The number of hydrogen-bond acceptors (Lipinski definition) is 3. The zero-order valence-corrected chi connectivity index (χ0v) is 11.8. The molecular weight excluding hydrogens is 256 g/mol. The Hall–Kier alpha value is -2.34. The molecular formula is C14H18N4O2. The predicted molar refractivity (Wildman–Crippen MR) is 75.4 cm³/mol. The Bertz CT molecular complexity index is 577. The fraction of sp³-hybridized carbons (Fsp3) is 0.286. The summed E-state index contributed by atoms with van der Waals surface area (Å²) in [6.45, 7) is 3.86. The first-order valence-corrected chi connectivity index (χ1v) is 6.31. The van der Waals surface area contributed by atoms with Crippen molar-refractivity contribution >= 4 is 6.03 Å². The highest BCUT2D eigenvalue weighted by Crippen LogP contribution is 2.16. The van der Waals surface area contributed by atoms with Crippen molar-refractivity contribution in [3.05, 3.63) is 48.0 Å². The summed E-state index contributed by atoms with van der Waals surface area (Å²) >= 11 is 0. The van der Waals surface area contributed by atoms with Gasteiger partial charge in [0.05, 0.1) is 13.2 Å². The molecule has 0 fully saturated rings. The number of imidazole rings is 1. The number of hydroxylamine groups is 1. The maximum atomic E-state index is 11.4. The lowest BCUT2D eigenvalue weighted by molar-refractivity contribution is 0.106. The SMILES string of the molecule is CONC(=O)N[C@@H](C)c1ccc(-n2ccnc2C)cc1. The molecule has 0 unspecified atom stereocenters. The smallest absolute Gasteiger partial charge is 0.330 e. The van der Waals surface area contributed by atoms with Crippen molar-refractivity contribution in [2.24, 2.45) is 0 Å². The lowest BCUT2D eigenvalue weighted by Crippen LogP contribution is -2.36. The summed E-state index contributed by atoms with van der Waals surface area (Å²) in [6, 6.07) is 7.48. The summed E-state index contributed by atoms with van der Waals surface area (Å²) in [5, 5.41) is 2.77. The molecule has 20 heavy (non-hydrogen) atoms. The van der Waals surface area contributed by atoms with Crippen molar-refractivity contribution in [1.29, 1.82) is 0 Å². The van der Waals surface area contributed by atoms with Crippen LogP contribution < -0.4 is 10.8 Å². The number of carbonyl (C=O) groups is 1. The average molecular weight is 274 g/mol. The number of nitrogens with one attached hydrogen (secondary N) is 2. The Labute approximate surface area is 117 Å². The van der Waals surface area contributed by atoms with Crippen molar-refractivity contribution in [2.75, 3.05) is 7.11 Å². The van der Waals surface area contributed by atoms with Crippen LogP contribution in [0, 0.1) is 6.92 Å². The molecule has 1 aromatic carbocycles. The molecule has 6 heteroatoms. The molecule has 2 rings (SSSR count). The van der Waals surface area contributed by atoms with E-state index >= 15 is 0 Å². The summed E-state index contributed by atoms with van der Waals surface area (Å²) in [6.07, 6.45) is 3.68. The second-order valence-corrected chi connectivity index (χ2v) is 4.44. The van der Waals surface area contributed by atoms with Gasteiger partial charge in [0.1, 0.15) is 5.82 Å². The van der Waals surface area contributed by atoms with E-state index in [4.69, 9.17) is 0 Å². The van der Waals surface area contributed by atoms with E-state index in [0.717, 1.165) is 17.1 Å². The molecule has 0 aliphatic rings. The first kappa shape index (κ1) is 14.1. The number of benzene rings is 1. The maximum absolute atomic E-state index is 11.4. The third-order valence-corrected chi connectivity index (χ3v) is 3.04. The lowest BCUT2D eigenvalue weighted by Gasteiger charge is -2.15. The number of hydrogen-bond donors (Lipinski definition) is 2. The number of aromatic nitrogens is 2. The number of carbonyl (C=O) groups excluding carboxylic acids is 1. The minimum atomic E-state index is -0.366. The summed E-state index contributed by atoms with van der Waals surface area (Å²) in [5.41, 5.74) is 4.28.